The van der Waals surface area contributed by atoms with Crippen molar-refractivity contribution in [1.29, 1.82) is 0 Å². The molecule has 2 aromatic heterocycles. The number of aryl methyl sites for hydroxylation is 3. The van der Waals surface area contributed by atoms with E-state index in [1.54, 1.807) is 25.6 Å². The number of carbonyl (C=O) groups is 1. The predicted octanol–water partition coefficient (Wildman–Crippen LogP) is 1.36. The molecule has 11 heteroatoms. The maximum atomic E-state index is 13.0. The van der Waals surface area contributed by atoms with E-state index < -0.39 is 24.9 Å². The Morgan fingerprint density at radius 1 is 1.35 bits per heavy atom. The Balaban J connectivity index is 0.00000312. The van der Waals surface area contributed by atoms with E-state index in [-0.39, 0.29) is 36.8 Å². The predicted molar refractivity (Wildman–Crippen MR) is 101 cm³/mol. The molecular formula is C15H23Cl2F2N5O2. The van der Waals surface area contributed by atoms with Gasteiger partial charge in [-0.05, 0) is 31.4 Å². The highest BCUT2D eigenvalue weighted by Crippen LogP contribution is 2.21. The lowest BCUT2D eigenvalue weighted by Gasteiger charge is -2.15. The van der Waals surface area contributed by atoms with Gasteiger partial charge in [-0.3, -0.25) is 19.4 Å². The minimum atomic E-state index is -3.11. The van der Waals surface area contributed by atoms with Crippen molar-refractivity contribution in [2.75, 3.05) is 13.1 Å². The van der Waals surface area contributed by atoms with Crippen LogP contribution in [0.1, 0.15) is 23.2 Å². The Morgan fingerprint density at radius 2 is 1.96 bits per heavy atom. The van der Waals surface area contributed by atoms with Crippen LogP contribution in [0.5, 0.6) is 0 Å². The van der Waals surface area contributed by atoms with E-state index in [9.17, 15) is 18.4 Å². The third-order valence-corrected chi connectivity index (χ3v) is 4.02. The molecule has 0 bridgehead atoms. The van der Waals surface area contributed by atoms with Gasteiger partial charge in [0.1, 0.15) is 0 Å². The van der Waals surface area contributed by atoms with Gasteiger partial charge < -0.3 is 11.1 Å². The monoisotopic (exact) mass is 413 g/mol. The molecule has 2 heterocycles. The molecule has 2 aromatic rings. The van der Waals surface area contributed by atoms with Crippen molar-refractivity contribution in [2.45, 2.75) is 32.6 Å². The number of H-pyrrole nitrogens is 1. The smallest absolute Gasteiger partial charge is 0.277 e. The first-order valence-electron chi connectivity index (χ1n) is 7.55. The third-order valence-electron chi connectivity index (χ3n) is 4.02. The average Bonchev–Trinajstić information content (AvgIpc) is 2.79. The zero-order chi connectivity index (χ0) is 18.1. The number of aromatic nitrogens is 3. The van der Waals surface area contributed by atoms with Crippen molar-refractivity contribution in [3.63, 3.8) is 0 Å². The number of nitrogens with two attached hydrogens (primary N) is 1. The maximum absolute atomic E-state index is 13.0. The summed E-state index contributed by atoms with van der Waals surface area (Å²) in [7, 11) is 1.69. The molecule has 4 N–H and O–H groups in total. The fourth-order valence-electron chi connectivity index (χ4n) is 2.64. The van der Waals surface area contributed by atoms with Gasteiger partial charge in [-0.1, -0.05) is 0 Å². The lowest BCUT2D eigenvalue weighted by atomic mass is 10.0. The van der Waals surface area contributed by atoms with Crippen molar-refractivity contribution < 1.29 is 13.6 Å². The van der Waals surface area contributed by atoms with E-state index in [0.29, 0.717) is 23.1 Å². The zero-order valence-electron chi connectivity index (χ0n) is 14.7. The van der Waals surface area contributed by atoms with Crippen molar-refractivity contribution in [3.8, 4) is 0 Å². The topological polar surface area (TPSA) is 106 Å². The molecule has 26 heavy (non-hydrogen) atoms. The molecule has 0 atom stereocenters. The highest BCUT2D eigenvalue weighted by molar-refractivity contribution is 5.85. The van der Waals surface area contributed by atoms with E-state index >= 15 is 0 Å². The highest BCUT2D eigenvalue weighted by atomic mass is 35.5. The minimum absolute atomic E-state index is 0. The summed E-state index contributed by atoms with van der Waals surface area (Å²) in [6.07, 6.45) is 0.342. The normalized spacial score (nSPS) is 11.0. The number of hydrogen-bond donors (Lipinski definition) is 3. The fraction of sp³-hybridized carbons (Fsp3) is 0.533. The summed E-state index contributed by atoms with van der Waals surface area (Å²) in [6, 6.07) is 0. The number of aromatic amines is 1. The second-order valence-corrected chi connectivity index (χ2v) is 5.84. The highest BCUT2D eigenvalue weighted by Gasteiger charge is 2.27. The van der Waals surface area contributed by atoms with E-state index in [1.807, 2.05) is 0 Å². The van der Waals surface area contributed by atoms with Gasteiger partial charge in [0.2, 0.25) is 5.91 Å². The molecule has 0 unspecified atom stereocenters. The van der Waals surface area contributed by atoms with Crippen LogP contribution in [0.4, 0.5) is 8.78 Å². The number of nitrogens with one attached hydrogen (secondary N) is 2. The standard InChI is InChI=1S/C15H21F2N5O2.2ClH/c1-8-10(4-5-11(23)19-7-15(16,17)6-18)9(2)20-13-12(8)14(24)21-22(13)3;;/h4-7,18H2,1-3H3,(H,19,23)(H,21,24);2*1H. The van der Waals surface area contributed by atoms with Gasteiger partial charge in [0.15, 0.2) is 5.65 Å². The molecule has 0 spiro atoms. The number of carbonyl (C=O) groups excluding carboxylic acids is 1. The molecule has 0 aliphatic rings. The number of alkyl halides is 2. The van der Waals surface area contributed by atoms with Crippen molar-refractivity contribution in [2.24, 2.45) is 12.8 Å². The molecule has 0 saturated carbocycles. The summed E-state index contributed by atoms with van der Waals surface area (Å²) in [5.74, 6) is -3.61. The van der Waals surface area contributed by atoms with E-state index in [0.717, 1.165) is 11.1 Å². The summed E-state index contributed by atoms with van der Waals surface area (Å²) >= 11 is 0. The van der Waals surface area contributed by atoms with Crippen LogP contribution in [0.15, 0.2) is 4.79 Å². The number of amides is 1. The molecule has 0 radical (unpaired) electrons. The Morgan fingerprint density at radius 3 is 2.54 bits per heavy atom. The van der Waals surface area contributed by atoms with Crippen LogP contribution < -0.4 is 16.6 Å². The summed E-state index contributed by atoms with van der Waals surface area (Å²) < 4.78 is 27.6. The lowest BCUT2D eigenvalue weighted by molar-refractivity contribution is -0.122. The van der Waals surface area contributed by atoms with Crippen LogP contribution in [0.25, 0.3) is 11.0 Å². The van der Waals surface area contributed by atoms with Gasteiger partial charge in [0.05, 0.1) is 18.5 Å². The number of fused-ring (bicyclic) bond motifs is 1. The Labute approximate surface area is 161 Å². The van der Waals surface area contributed by atoms with Gasteiger partial charge in [0, 0.05) is 19.2 Å². The van der Waals surface area contributed by atoms with Gasteiger partial charge in [0.25, 0.3) is 11.5 Å². The van der Waals surface area contributed by atoms with E-state index in [4.69, 9.17) is 5.73 Å². The molecule has 0 fully saturated rings. The largest absolute Gasteiger partial charge is 0.350 e. The first-order chi connectivity index (χ1) is 11.2. The summed E-state index contributed by atoms with van der Waals surface area (Å²) in [6.45, 7) is 1.99. The quantitative estimate of drug-likeness (QED) is 0.664. The fourth-order valence-corrected chi connectivity index (χ4v) is 2.64. The van der Waals surface area contributed by atoms with Crippen LogP contribution in [0, 0.1) is 13.8 Å². The molecule has 0 aromatic carbocycles. The molecule has 0 saturated heterocycles. The molecule has 0 aliphatic carbocycles. The Kier molecular flexibility index (Phi) is 8.68. The van der Waals surface area contributed by atoms with E-state index in [1.165, 1.54) is 0 Å². The maximum Gasteiger partial charge on any atom is 0.277 e. The summed E-state index contributed by atoms with van der Waals surface area (Å²) in [5.41, 5.74) is 7.46. The van der Waals surface area contributed by atoms with Gasteiger partial charge in [-0.25, -0.2) is 13.8 Å². The van der Waals surface area contributed by atoms with Crippen molar-refractivity contribution in [1.82, 2.24) is 20.1 Å². The Bertz CT molecular complexity index is 836. The second kappa shape index (κ2) is 9.29. The molecule has 2 rings (SSSR count). The molecule has 7 nitrogen and oxygen atoms in total. The summed E-state index contributed by atoms with van der Waals surface area (Å²) in [4.78, 5) is 28.1. The molecule has 148 valence electrons. The van der Waals surface area contributed by atoms with E-state index in [2.05, 4.69) is 15.4 Å². The zero-order valence-corrected chi connectivity index (χ0v) is 16.3. The van der Waals surface area contributed by atoms with Crippen molar-refractivity contribution in [3.05, 3.63) is 27.2 Å². The average molecular weight is 414 g/mol. The third kappa shape index (κ3) is 5.15. The van der Waals surface area contributed by atoms with Crippen LogP contribution in [-0.2, 0) is 18.3 Å². The first-order valence-corrected chi connectivity index (χ1v) is 7.55. The van der Waals surface area contributed by atoms with Gasteiger partial charge in [-0.2, -0.15) is 0 Å². The number of rotatable bonds is 6. The number of halogens is 4. The minimum Gasteiger partial charge on any atom is -0.350 e. The van der Waals surface area contributed by atoms with Gasteiger partial charge >= 0.3 is 0 Å². The van der Waals surface area contributed by atoms with Crippen LogP contribution in [0.2, 0.25) is 0 Å². The molecular weight excluding hydrogens is 391 g/mol. The lowest BCUT2D eigenvalue weighted by Crippen LogP contribution is -2.41. The number of pyridine rings is 1. The van der Waals surface area contributed by atoms with Crippen molar-refractivity contribution >= 4 is 41.8 Å². The van der Waals surface area contributed by atoms with Crippen LogP contribution in [0.3, 0.4) is 0 Å². The SMILES string of the molecule is Cc1nc2c(c(C)c1CCC(=O)NCC(F)(F)CN)c(=O)[nH]n2C.Cl.Cl. The van der Waals surface area contributed by atoms with Crippen LogP contribution in [-0.4, -0.2) is 39.7 Å². The van der Waals surface area contributed by atoms with Crippen LogP contribution >= 0.6 is 24.8 Å². The second-order valence-electron chi connectivity index (χ2n) is 5.84. The molecule has 0 aliphatic heterocycles. The molecule has 1 amide bonds. The van der Waals surface area contributed by atoms with Gasteiger partial charge in [-0.15, -0.1) is 24.8 Å². The summed E-state index contributed by atoms with van der Waals surface area (Å²) in [5, 5.41) is 5.30. The number of nitrogens with zero attached hydrogens (tertiary/aromatic N) is 2. The Hall–Kier alpha value is -1.71. The first kappa shape index (κ1) is 24.3. The number of hydrogen-bond acceptors (Lipinski definition) is 4.